The van der Waals surface area contributed by atoms with Gasteiger partial charge in [-0.2, -0.15) is 5.10 Å². The maximum Gasteiger partial charge on any atom is 0.272 e. The van der Waals surface area contributed by atoms with E-state index in [1.165, 1.54) is 19.2 Å². The summed E-state index contributed by atoms with van der Waals surface area (Å²) < 4.78 is 32.5. The molecule has 1 unspecified atom stereocenters. The summed E-state index contributed by atoms with van der Waals surface area (Å²) in [6.45, 7) is 0.496. The Kier molecular flexibility index (Phi) is 6.33. The number of halogens is 3. The zero-order valence-corrected chi connectivity index (χ0v) is 20.1. The van der Waals surface area contributed by atoms with Crippen LogP contribution in [0.4, 0.5) is 8.78 Å². The number of rotatable bonds is 6. The summed E-state index contributed by atoms with van der Waals surface area (Å²) >= 11 is 5.99. The number of nitrogens with one attached hydrogen (secondary N) is 2. The van der Waals surface area contributed by atoms with Gasteiger partial charge in [0.15, 0.2) is 5.82 Å². The third kappa shape index (κ3) is 4.62. The van der Waals surface area contributed by atoms with Gasteiger partial charge in [0.1, 0.15) is 11.5 Å². The molecule has 1 atom stereocenters. The lowest BCUT2D eigenvalue weighted by molar-refractivity contribution is -0.127. The average Bonchev–Trinajstić information content (AvgIpc) is 3.44. The van der Waals surface area contributed by atoms with E-state index >= 15 is 0 Å². The molecule has 3 aromatic rings. The molecule has 1 spiro atoms. The van der Waals surface area contributed by atoms with Crippen molar-refractivity contribution in [3.05, 3.63) is 58.6 Å². The number of methoxy groups -OCH3 is 1. The lowest BCUT2D eigenvalue weighted by atomic mass is 9.88. The second kappa shape index (κ2) is 9.45. The lowest BCUT2D eigenvalue weighted by Crippen LogP contribution is -2.50. The number of carbonyl (C=O) groups is 2. The molecule has 2 N–H and O–H groups in total. The third-order valence-corrected chi connectivity index (χ3v) is 7.11. The molecular formula is C24H23ClF2N6O3. The number of hydrogen-bond donors (Lipinski definition) is 2. The Morgan fingerprint density at radius 2 is 2.06 bits per heavy atom. The zero-order valence-electron chi connectivity index (χ0n) is 19.4. The number of aromatic nitrogens is 4. The highest BCUT2D eigenvalue weighted by molar-refractivity contribution is 6.31. The van der Waals surface area contributed by atoms with Crippen molar-refractivity contribution in [1.29, 1.82) is 0 Å². The van der Waals surface area contributed by atoms with Crippen molar-refractivity contribution in [3.8, 4) is 17.1 Å². The number of carbonyl (C=O) groups excluding carboxylic acids is 2. The van der Waals surface area contributed by atoms with Gasteiger partial charge in [0, 0.05) is 29.6 Å². The first-order valence-corrected chi connectivity index (χ1v) is 11.8. The van der Waals surface area contributed by atoms with Gasteiger partial charge in [-0.25, -0.2) is 13.8 Å². The minimum Gasteiger partial charge on any atom is -0.481 e. The first-order valence-electron chi connectivity index (χ1n) is 11.4. The number of hydrogen-bond acceptors (Lipinski definition) is 6. The monoisotopic (exact) mass is 516 g/mol. The van der Waals surface area contributed by atoms with Crippen LogP contribution in [0.3, 0.4) is 0 Å². The minimum atomic E-state index is -0.580. The van der Waals surface area contributed by atoms with Gasteiger partial charge in [-0.15, -0.1) is 0 Å². The van der Waals surface area contributed by atoms with Gasteiger partial charge in [-0.1, -0.05) is 11.6 Å². The Balaban J connectivity index is 1.24. The lowest BCUT2D eigenvalue weighted by Gasteiger charge is -2.39. The molecule has 0 radical (unpaired) electrons. The van der Waals surface area contributed by atoms with Crippen LogP contribution >= 0.6 is 11.6 Å². The summed E-state index contributed by atoms with van der Waals surface area (Å²) in [6.07, 6.45) is 4.71. The van der Waals surface area contributed by atoms with Gasteiger partial charge in [0.05, 0.1) is 42.5 Å². The maximum atomic E-state index is 14.3. The highest BCUT2D eigenvalue weighted by Crippen LogP contribution is 2.50. The summed E-state index contributed by atoms with van der Waals surface area (Å²) in [5, 5.41) is 9.81. The first kappa shape index (κ1) is 24.1. The van der Waals surface area contributed by atoms with Crippen molar-refractivity contribution in [2.45, 2.75) is 37.8 Å². The Hall–Kier alpha value is -3.60. The summed E-state index contributed by atoms with van der Waals surface area (Å²) in [7, 11) is 1.43. The van der Waals surface area contributed by atoms with Crippen molar-refractivity contribution >= 4 is 23.4 Å². The van der Waals surface area contributed by atoms with Gasteiger partial charge in [-0.05, 0) is 37.8 Å². The number of likely N-dealkylation sites (tertiary alicyclic amines) is 1. The van der Waals surface area contributed by atoms with E-state index in [-0.39, 0.29) is 57.7 Å². The molecule has 1 aliphatic carbocycles. The van der Waals surface area contributed by atoms with E-state index in [2.05, 4.69) is 25.5 Å². The Bertz CT molecular complexity index is 1330. The molecule has 0 aromatic carbocycles. The molecule has 12 heteroatoms. The van der Waals surface area contributed by atoms with Crippen LogP contribution in [0.5, 0.6) is 5.88 Å². The summed E-state index contributed by atoms with van der Waals surface area (Å²) in [4.78, 5) is 35.7. The maximum absolute atomic E-state index is 14.3. The Morgan fingerprint density at radius 3 is 2.78 bits per heavy atom. The minimum absolute atomic E-state index is 0.0946. The van der Waals surface area contributed by atoms with E-state index in [4.69, 9.17) is 16.3 Å². The largest absolute Gasteiger partial charge is 0.481 e. The van der Waals surface area contributed by atoms with Crippen LogP contribution in [-0.2, 0) is 11.3 Å². The van der Waals surface area contributed by atoms with Crippen LogP contribution in [-0.4, -0.2) is 56.1 Å². The van der Waals surface area contributed by atoms with Crippen LogP contribution in [0, 0.1) is 17.6 Å². The molecular weight excluding hydrogens is 494 g/mol. The van der Waals surface area contributed by atoms with Gasteiger partial charge >= 0.3 is 0 Å². The van der Waals surface area contributed by atoms with Crippen LogP contribution < -0.4 is 10.1 Å². The number of nitrogens with zero attached hydrogens (tertiary/aromatic N) is 4. The normalized spacial score (nSPS) is 18.2. The quantitative estimate of drug-likeness (QED) is 0.518. The van der Waals surface area contributed by atoms with Crippen molar-refractivity contribution in [3.63, 3.8) is 0 Å². The van der Waals surface area contributed by atoms with Crippen LogP contribution in [0.1, 0.15) is 41.9 Å². The van der Waals surface area contributed by atoms with Crippen molar-refractivity contribution in [2.24, 2.45) is 5.92 Å². The predicted molar refractivity (Wildman–Crippen MR) is 125 cm³/mol. The first-order chi connectivity index (χ1) is 17.3. The van der Waals surface area contributed by atoms with Gasteiger partial charge in [0.2, 0.25) is 11.8 Å². The van der Waals surface area contributed by atoms with Crippen molar-refractivity contribution in [1.82, 2.24) is 30.4 Å². The smallest absolute Gasteiger partial charge is 0.272 e. The van der Waals surface area contributed by atoms with E-state index in [9.17, 15) is 18.4 Å². The number of piperidine rings is 1. The van der Waals surface area contributed by atoms with E-state index in [0.29, 0.717) is 25.1 Å². The molecule has 2 aliphatic rings. The molecule has 2 amide bonds. The number of ether oxygens (including phenoxy) is 1. The second-order valence-electron chi connectivity index (χ2n) is 9.04. The number of aromatic amines is 1. The Labute approximate surface area is 210 Å². The summed E-state index contributed by atoms with van der Waals surface area (Å²) in [6, 6.07) is 4.08. The molecule has 1 aliphatic heterocycles. The van der Waals surface area contributed by atoms with Crippen molar-refractivity contribution in [2.75, 3.05) is 13.7 Å². The zero-order chi connectivity index (χ0) is 25.4. The van der Waals surface area contributed by atoms with E-state index in [1.807, 2.05) is 0 Å². The fourth-order valence-electron chi connectivity index (χ4n) is 4.68. The standard InChI is InChI=1S/C24H23ClF2N6O3/c1-36-21-7-15(17(27)11-29-21)18-8-19(32-31-18)23(35)33-5-2-13(9-24(33)3-4-24)22(34)30-12-20-16(25)6-14(26)10-28-20/h6-8,10-11,13H,2-5,9,12H2,1H3,(H,30,34)(H,31,32). The molecule has 2 fully saturated rings. The molecule has 9 nitrogen and oxygen atoms in total. The molecule has 36 heavy (non-hydrogen) atoms. The van der Waals surface area contributed by atoms with Crippen LogP contribution in [0.25, 0.3) is 11.3 Å². The molecule has 3 aromatic heterocycles. The topological polar surface area (TPSA) is 113 Å². The Morgan fingerprint density at radius 1 is 1.25 bits per heavy atom. The van der Waals surface area contributed by atoms with E-state index in [1.54, 1.807) is 4.90 Å². The third-order valence-electron chi connectivity index (χ3n) is 6.78. The summed E-state index contributed by atoms with van der Waals surface area (Å²) in [5.41, 5.74) is 0.678. The molecule has 5 rings (SSSR count). The van der Waals surface area contributed by atoms with Crippen LogP contribution in [0.2, 0.25) is 5.02 Å². The molecule has 1 saturated carbocycles. The highest BCUT2D eigenvalue weighted by Gasteiger charge is 2.54. The number of H-pyrrole nitrogens is 1. The fourth-order valence-corrected chi connectivity index (χ4v) is 4.90. The second-order valence-corrected chi connectivity index (χ2v) is 9.45. The SMILES string of the molecule is COc1cc(-c2cc(C(=O)N3CCC(C(=O)NCc4ncc(F)cc4Cl)CC34CC4)[nH]n2)c(F)cn1. The van der Waals surface area contributed by atoms with Gasteiger partial charge < -0.3 is 15.0 Å². The molecule has 4 heterocycles. The fraction of sp³-hybridized carbons (Fsp3) is 0.375. The predicted octanol–water partition coefficient (Wildman–Crippen LogP) is 3.51. The van der Waals surface area contributed by atoms with Crippen LogP contribution in [0.15, 0.2) is 30.6 Å². The summed E-state index contributed by atoms with van der Waals surface area (Å²) in [5.74, 6) is -1.56. The van der Waals surface area contributed by atoms with Gasteiger partial charge in [-0.3, -0.25) is 19.7 Å². The average molecular weight is 517 g/mol. The number of amides is 2. The van der Waals surface area contributed by atoms with Crippen molar-refractivity contribution < 1.29 is 23.1 Å². The molecule has 1 saturated heterocycles. The number of pyridine rings is 2. The van der Waals surface area contributed by atoms with Gasteiger partial charge in [0.25, 0.3) is 5.91 Å². The van der Waals surface area contributed by atoms with E-state index in [0.717, 1.165) is 31.3 Å². The molecule has 0 bridgehead atoms. The highest BCUT2D eigenvalue weighted by atomic mass is 35.5. The molecule has 188 valence electrons. The van der Waals surface area contributed by atoms with E-state index < -0.39 is 11.6 Å².